The Morgan fingerprint density at radius 1 is 1.24 bits per heavy atom. The monoisotopic (exact) mass is 406 g/mol. The zero-order valence-electron chi connectivity index (χ0n) is 13.3. The molecule has 3 rings (SSSR count). The van der Waals surface area contributed by atoms with Gasteiger partial charge in [0.15, 0.2) is 0 Å². The highest BCUT2D eigenvalue weighted by Crippen LogP contribution is 2.26. The van der Waals surface area contributed by atoms with Crippen LogP contribution in [0.5, 0.6) is 5.75 Å². The maximum atomic E-state index is 13.7. The van der Waals surface area contributed by atoms with E-state index in [4.69, 9.17) is 4.74 Å². The molecule has 0 aliphatic carbocycles. The molecule has 5 nitrogen and oxygen atoms in total. The van der Waals surface area contributed by atoms with E-state index in [1.807, 2.05) is 6.07 Å². The number of benzene rings is 2. The van der Waals surface area contributed by atoms with Crippen LogP contribution in [0.2, 0.25) is 0 Å². The van der Waals surface area contributed by atoms with Crippen LogP contribution in [-0.2, 0) is 11.2 Å². The molecule has 0 saturated heterocycles. The van der Waals surface area contributed by atoms with E-state index in [9.17, 15) is 14.0 Å². The van der Waals surface area contributed by atoms with Gasteiger partial charge in [0.25, 0.3) is 5.91 Å². The van der Waals surface area contributed by atoms with Gasteiger partial charge in [-0.15, -0.1) is 0 Å². The van der Waals surface area contributed by atoms with Crippen molar-refractivity contribution in [3.05, 3.63) is 57.8 Å². The van der Waals surface area contributed by atoms with Crippen molar-refractivity contribution in [2.24, 2.45) is 0 Å². The van der Waals surface area contributed by atoms with Gasteiger partial charge < -0.3 is 15.4 Å². The average molecular weight is 407 g/mol. The number of halogens is 2. The van der Waals surface area contributed by atoms with Crippen molar-refractivity contribution in [3.8, 4) is 5.75 Å². The molecule has 0 radical (unpaired) electrons. The predicted octanol–water partition coefficient (Wildman–Crippen LogP) is 3.28. The third-order valence-electron chi connectivity index (χ3n) is 3.80. The number of amides is 2. The summed E-state index contributed by atoms with van der Waals surface area (Å²) < 4.78 is 19.9. The molecule has 0 unspecified atom stereocenters. The lowest BCUT2D eigenvalue weighted by atomic mass is 10.0. The number of ether oxygens (including phenoxy) is 1. The number of hydrogen-bond donors (Lipinski definition) is 2. The highest BCUT2D eigenvalue weighted by molar-refractivity contribution is 9.10. The molecule has 0 saturated carbocycles. The molecule has 130 valence electrons. The molecule has 0 bridgehead atoms. The largest absolute Gasteiger partial charge is 0.492 e. The fraction of sp³-hybridized carbons (Fsp3) is 0.222. The van der Waals surface area contributed by atoms with Crippen LogP contribution in [0, 0.1) is 5.82 Å². The number of aryl methyl sites for hydroxylation is 1. The minimum absolute atomic E-state index is 0.00674. The summed E-state index contributed by atoms with van der Waals surface area (Å²) in [6, 6.07) is 9.73. The number of anilines is 1. The van der Waals surface area contributed by atoms with Crippen molar-refractivity contribution in [1.29, 1.82) is 0 Å². The van der Waals surface area contributed by atoms with Crippen LogP contribution < -0.4 is 15.4 Å². The maximum Gasteiger partial charge on any atom is 0.254 e. The Morgan fingerprint density at radius 2 is 2.08 bits per heavy atom. The second-order valence-electron chi connectivity index (χ2n) is 5.60. The van der Waals surface area contributed by atoms with Crippen molar-refractivity contribution in [1.82, 2.24) is 5.32 Å². The maximum absolute atomic E-state index is 13.7. The topological polar surface area (TPSA) is 67.4 Å². The Morgan fingerprint density at radius 3 is 2.88 bits per heavy atom. The number of nitrogens with one attached hydrogen (secondary N) is 2. The molecule has 2 aromatic rings. The fourth-order valence-corrected chi connectivity index (χ4v) is 2.88. The lowest BCUT2D eigenvalue weighted by molar-refractivity contribution is -0.116. The third kappa shape index (κ3) is 4.36. The van der Waals surface area contributed by atoms with E-state index in [0.717, 1.165) is 11.3 Å². The quantitative estimate of drug-likeness (QED) is 0.748. The minimum atomic E-state index is -0.579. The Kier molecular flexibility index (Phi) is 5.33. The zero-order chi connectivity index (χ0) is 17.8. The Balaban J connectivity index is 1.50. The minimum Gasteiger partial charge on any atom is -0.492 e. The van der Waals surface area contributed by atoms with E-state index in [0.29, 0.717) is 23.1 Å². The van der Waals surface area contributed by atoms with Gasteiger partial charge in [-0.25, -0.2) is 4.39 Å². The fourth-order valence-electron chi connectivity index (χ4n) is 2.55. The molecule has 25 heavy (non-hydrogen) atoms. The van der Waals surface area contributed by atoms with Gasteiger partial charge in [-0.2, -0.15) is 0 Å². The first-order chi connectivity index (χ1) is 12.0. The van der Waals surface area contributed by atoms with E-state index in [1.54, 1.807) is 18.2 Å². The van der Waals surface area contributed by atoms with E-state index in [-0.39, 0.29) is 24.6 Å². The Bertz CT molecular complexity index is 826. The van der Waals surface area contributed by atoms with Crippen LogP contribution in [0.15, 0.2) is 40.9 Å². The summed E-state index contributed by atoms with van der Waals surface area (Å²) in [5, 5.41) is 5.43. The molecule has 0 aromatic heterocycles. The summed E-state index contributed by atoms with van der Waals surface area (Å²) in [5.74, 6) is -0.380. The SMILES string of the molecule is O=C1CCc2cc(OCCNC(=O)c3ccc(Br)cc3F)ccc2N1. The van der Waals surface area contributed by atoms with Crippen molar-refractivity contribution in [2.45, 2.75) is 12.8 Å². The summed E-state index contributed by atoms with van der Waals surface area (Å²) in [6.07, 6.45) is 1.14. The molecule has 2 aromatic carbocycles. The molecule has 0 fully saturated rings. The standard InChI is InChI=1S/C18H16BrFN2O3/c19-12-2-4-14(15(20)10-12)18(24)21-7-8-25-13-3-5-16-11(9-13)1-6-17(23)22-16/h2-5,9-10H,1,6-8H2,(H,21,24)(H,22,23). The van der Waals surface area contributed by atoms with Crippen LogP contribution in [0.25, 0.3) is 0 Å². The van der Waals surface area contributed by atoms with Crippen molar-refractivity contribution < 1.29 is 18.7 Å². The van der Waals surface area contributed by atoms with Gasteiger partial charge in [0, 0.05) is 16.6 Å². The molecule has 2 amide bonds. The Hall–Kier alpha value is -2.41. The summed E-state index contributed by atoms with van der Waals surface area (Å²) in [7, 11) is 0. The predicted molar refractivity (Wildman–Crippen MR) is 95.3 cm³/mol. The van der Waals surface area contributed by atoms with E-state index in [2.05, 4.69) is 26.6 Å². The first-order valence-electron chi connectivity index (χ1n) is 7.82. The first-order valence-corrected chi connectivity index (χ1v) is 8.61. The Labute approximate surface area is 152 Å². The molecule has 0 atom stereocenters. The normalized spacial score (nSPS) is 13.0. The van der Waals surface area contributed by atoms with Gasteiger partial charge in [-0.3, -0.25) is 9.59 Å². The highest BCUT2D eigenvalue weighted by Gasteiger charge is 2.15. The molecule has 1 aliphatic rings. The molecule has 0 spiro atoms. The summed E-state index contributed by atoms with van der Waals surface area (Å²) in [5.41, 5.74) is 1.83. The van der Waals surface area contributed by atoms with Crippen molar-refractivity contribution in [2.75, 3.05) is 18.5 Å². The van der Waals surface area contributed by atoms with Crippen molar-refractivity contribution in [3.63, 3.8) is 0 Å². The van der Waals surface area contributed by atoms with Gasteiger partial charge in [-0.05, 0) is 48.4 Å². The van der Waals surface area contributed by atoms with Crippen LogP contribution in [0.1, 0.15) is 22.3 Å². The summed E-state index contributed by atoms with van der Waals surface area (Å²) in [6.45, 7) is 0.511. The van der Waals surface area contributed by atoms with Gasteiger partial charge in [0.05, 0.1) is 12.1 Å². The number of rotatable bonds is 5. The van der Waals surface area contributed by atoms with E-state index in [1.165, 1.54) is 12.1 Å². The number of carbonyl (C=O) groups is 2. The summed E-state index contributed by atoms with van der Waals surface area (Å²) in [4.78, 5) is 23.3. The molecular formula is C18H16BrFN2O3. The number of hydrogen-bond acceptors (Lipinski definition) is 3. The average Bonchev–Trinajstić information content (AvgIpc) is 2.58. The number of carbonyl (C=O) groups excluding carboxylic acids is 2. The van der Waals surface area contributed by atoms with Crippen LogP contribution in [0.4, 0.5) is 10.1 Å². The number of fused-ring (bicyclic) bond motifs is 1. The molecule has 1 aliphatic heterocycles. The first kappa shape index (κ1) is 17.4. The van der Waals surface area contributed by atoms with Crippen molar-refractivity contribution >= 4 is 33.4 Å². The lowest BCUT2D eigenvalue weighted by Gasteiger charge is -2.17. The van der Waals surface area contributed by atoms with Gasteiger partial charge in [0.2, 0.25) is 5.91 Å². The smallest absolute Gasteiger partial charge is 0.254 e. The lowest BCUT2D eigenvalue weighted by Crippen LogP contribution is -2.28. The molecule has 2 N–H and O–H groups in total. The zero-order valence-corrected chi connectivity index (χ0v) is 14.9. The second kappa shape index (κ2) is 7.65. The van der Waals surface area contributed by atoms with Crippen LogP contribution in [0.3, 0.4) is 0 Å². The van der Waals surface area contributed by atoms with E-state index >= 15 is 0 Å². The summed E-state index contributed by atoms with van der Waals surface area (Å²) >= 11 is 3.15. The van der Waals surface area contributed by atoms with Crippen LogP contribution in [-0.4, -0.2) is 25.0 Å². The third-order valence-corrected chi connectivity index (χ3v) is 4.30. The van der Waals surface area contributed by atoms with E-state index < -0.39 is 11.7 Å². The van der Waals surface area contributed by atoms with Gasteiger partial charge >= 0.3 is 0 Å². The highest BCUT2D eigenvalue weighted by atomic mass is 79.9. The molecule has 1 heterocycles. The molecular weight excluding hydrogens is 391 g/mol. The van der Waals surface area contributed by atoms with Crippen LogP contribution >= 0.6 is 15.9 Å². The second-order valence-corrected chi connectivity index (χ2v) is 6.51. The van der Waals surface area contributed by atoms with Gasteiger partial charge in [-0.1, -0.05) is 15.9 Å². The molecule has 7 heteroatoms. The van der Waals surface area contributed by atoms with Gasteiger partial charge in [0.1, 0.15) is 18.2 Å².